The Hall–Kier alpha value is -1.79. The van der Waals surface area contributed by atoms with Crippen LogP contribution < -0.4 is 4.31 Å². The van der Waals surface area contributed by atoms with Gasteiger partial charge >= 0.3 is 0 Å². The summed E-state index contributed by atoms with van der Waals surface area (Å²) >= 11 is 1.48. The summed E-state index contributed by atoms with van der Waals surface area (Å²) in [6, 6.07) is 13.4. The first-order valence-corrected chi connectivity index (χ1v) is 9.27. The van der Waals surface area contributed by atoms with Gasteiger partial charge in [0.15, 0.2) is 5.78 Å². The number of carbonyl (C=O) groups is 1. The van der Waals surface area contributed by atoms with E-state index in [1.54, 1.807) is 24.3 Å². The number of benzene rings is 2. The van der Waals surface area contributed by atoms with Gasteiger partial charge in [-0.05, 0) is 37.4 Å². The fourth-order valence-electron chi connectivity index (χ4n) is 2.05. The molecule has 0 aromatic heterocycles. The van der Waals surface area contributed by atoms with Crippen LogP contribution in [0, 0.1) is 0 Å². The molecule has 0 saturated carbocycles. The number of thioether (sulfide) groups is 1. The van der Waals surface area contributed by atoms with Crippen LogP contribution in [0.2, 0.25) is 0 Å². The topological polar surface area (TPSA) is 54.5 Å². The summed E-state index contributed by atoms with van der Waals surface area (Å²) in [6.07, 6.45) is 1.90. The van der Waals surface area contributed by atoms with E-state index < -0.39 is 10.0 Å². The number of Topliss-reactive ketones (excluding diaryl/α,β-unsaturated/α-hetero) is 1. The second-order valence-corrected chi connectivity index (χ2v) is 7.55. The Kier molecular flexibility index (Phi) is 4.93. The smallest absolute Gasteiger partial charge is 0.264 e. The lowest BCUT2D eigenvalue weighted by atomic mass is 10.2. The van der Waals surface area contributed by atoms with Crippen molar-refractivity contribution in [1.82, 2.24) is 0 Å². The Morgan fingerprint density at radius 1 is 1.09 bits per heavy atom. The van der Waals surface area contributed by atoms with E-state index in [9.17, 15) is 13.2 Å². The summed E-state index contributed by atoms with van der Waals surface area (Å²) in [4.78, 5) is 12.4. The van der Waals surface area contributed by atoms with Crippen LogP contribution in [0.15, 0.2) is 58.3 Å². The lowest BCUT2D eigenvalue weighted by Crippen LogP contribution is -2.27. The molecular weight excluding hydrogens is 318 g/mol. The number of hydrogen-bond acceptors (Lipinski definition) is 4. The summed E-state index contributed by atoms with van der Waals surface area (Å²) in [5.74, 6) is -0.163. The van der Waals surface area contributed by atoms with Crippen LogP contribution in [0.5, 0.6) is 0 Å². The third-order valence-corrected chi connectivity index (χ3v) is 5.88. The van der Waals surface area contributed by atoms with Gasteiger partial charge in [-0.15, -0.1) is 11.8 Å². The van der Waals surface area contributed by atoms with Gasteiger partial charge in [0.05, 0.1) is 10.6 Å². The van der Waals surface area contributed by atoms with Crippen LogP contribution in [0.4, 0.5) is 5.69 Å². The molecule has 0 aliphatic heterocycles. The number of carbonyl (C=O) groups excluding carboxylic acids is 1. The predicted molar refractivity (Wildman–Crippen MR) is 90.3 cm³/mol. The summed E-state index contributed by atoms with van der Waals surface area (Å²) in [5.41, 5.74) is 0.996. The average Bonchev–Trinajstić information content (AvgIpc) is 2.54. The molecule has 0 aliphatic carbocycles. The summed E-state index contributed by atoms with van der Waals surface area (Å²) in [5, 5.41) is 0. The number of para-hydroxylation sites is 1. The molecule has 116 valence electrons. The Labute approximate surface area is 135 Å². The Bertz CT molecular complexity index is 801. The zero-order chi connectivity index (χ0) is 16.3. The van der Waals surface area contributed by atoms with E-state index in [-0.39, 0.29) is 10.7 Å². The molecule has 0 bridgehead atoms. The number of anilines is 1. The maximum absolute atomic E-state index is 12.8. The van der Waals surface area contributed by atoms with E-state index in [0.29, 0.717) is 11.3 Å². The van der Waals surface area contributed by atoms with Crippen LogP contribution in [-0.2, 0) is 10.0 Å². The Balaban J connectivity index is 2.50. The van der Waals surface area contributed by atoms with Crippen molar-refractivity contribution in [2.24, 2.45) is 0 Å². The Morgan fingerprint density at radius 3 is 2.41 bits per heavy atom. The van der Waals surface area contributed by atoms with E-state index in [1.165, 1.54) is 42.2 Å². The van der Waals surface area contributed by atoms with E-state index in [4.69, 9.17) is 0 Å². The molecule has 0 aliphatic rings. The second kappa shape index (κ2) is 6.54. The zero-order valence-corrected chi connectivity index (χ0v) is 14.2. The standard InChI is InChI=1S/C16H17NO3S2/c1-12(18)13-7-6-8-14(11-13)22(19,20)17(2)15-9-4-5-10-16(15)21-3/h4-11H,1-3H3. The average molecular weight is 335 g/mol. The molecular formula is C16H17NO3S2. The molecule has 6 heteroatoms. The number of sulfonamides is 1. The van der Waals surface area contributed by atoms with Crippen molar-refractivity contribution in [2.75, 3.05) is 17.6 Å². The molecule has 0 radical (unpaired) electrons. The van der Waals surface area contributed by atoms with Crippen LogP contribution >= 0.6 is 11.8 Å². The molecule has 22 heavy (non-hydrogen) atoms. The van der Waals surface area contributed by atoms with Crippen LogP contribution in [0.3, 0.4) is 0 Å². The number of rotatable bonds is 5. The minimum atomic E-state index is -3.71. The maximum atomic E-state index is 12.8. The molecule has 0 heterocycles. The van der Waals surface area contributed by atoms with Crippen molar-refractivity contribution in [3.63, 3.8) is 0 Å². The van der Waals surface area contributed by atoms with Crippen LogP contribution in [0.1, 0.15) is 17.3 Å². The summed E-state index contributed by atoms with van der Waals surface area (Å²) < 4.78 is 26.8. The maximum Gasteiger partial charge on any atom is 0.264 e. The van der Waals surface area contributed by atoms with Gasteiger partial charge in [0.25, 0.3) is 10.0 Å². The molecule has 0 spiro atoms. The fraction of sp³-hybridized carbons (Fsp3) is 0.188. The lowest BCUT2D eigenvalue weighted by Gasteiger charge is -2.22. The zero-order valence-electron chi connectivity index (χ0n) is 12.6. The highest BCUT2D eigenvalue weighted by atomic mass is 32.2. The predicted octanol–water partition coefficient (Wildman–Crippen LogP) is 3.44. The van der Waals surface area contributed by atoms with Gasteiger partial charge in [-0.25, -0.2) is 8.42 Å². The van der Waals surface area contributed by atoms with E-state index in [2.05, 4.69) is 0 Å². The number of nitrogens with zero attached hydrogens (tertiary/aromatic N) is 1. The third-order valence-electron chi connectivity index (χ3n) is 3.32. The highest BCUT2D eigenvalue weighted by molar-refractivity contribution is 7.99. The summed E-state index contributed by atoms with van der Waals surface area (Å²) in [7, 11) is -2.19. The normalized spacial score (nSPS) is 11.2. The van der Waals surface area contributed by atoms with Gasteiger partial charge in [-0.2, -0.15) is 0 Å². The van der Waals surface area contributed by atoms with Gasteiger partial charge in [0, 0.05) is 17.5 Å². The highest BCUT2D eigenvalue weighted by Gasteiger charge is 2.23. The van der Waals surface area contributed by atoms with Crippen molar-refractivity contribution in [2.45, 2.75) is 16.7 Å². The quantitative estimate of drug-likeness (QED) is 0.620. The van der Waals surface area contributed by atoms with Crippen molar-refractivity contribution in [1.29, 1.82) is 0 Å². The van der Waals surface area contributed by atoms with Gasteiger partial charge in [-0.1, -0.05) is 24.3 Å². The third kappa shape index (κ3) is 3.18. The molecule has 4 nitrogen and oxygen atoms in total. The SMILES string of the molecule is CSc1ccccc1N(C)S(=O)(=O)c1cccc(C(C)=O)c1. The largest absolute Gasteiger partial charge is 0.295 e. The fourth-order valence-corrected chi connectivity index (χ4v) is 4.00. The second-order valence-electron chi connectivity index (χ2n) is 4.73. The molecule has 0 amide bonds. The number of hydrogen-bond donors (Lipinski definition) is 0. The van der Waals surface area contributed by atoms with Crippen molar-refractivity contribution >= 4 is 33.3 Å². The van der Waals surface area contributed by atoms with E-state index in [0.717, 1.165) is 4.90 Å². The molecule has 0 saturated heterocycles. The van der Waals surface area contributed by atoms with Gasteiger partial charge < -0.3 is 0 Å². The lowest BCUT2D eigenvalue weighted by molar-refractivity contribution is 0.101. The first-order valence-electron chi connectivity index (χ1n) is 6.61. The number of ketones is 1. The monoisotopic (exact) mass is 335 g/mol. The molecule has 0 unspecified atom stereocenters. The van der Waals surface area contributed by atoms with Crippen LogP contribution in [0.25, 0.3) is 0 Å². The first kappa shape index (κ1) is 16.6. The molecule has 2 aromatic carbocycles. The molecule has 0 N–H and O–H groups in total. The summed E-state index contributed by atoms with van der Waals surface area (Å²) in [6.45, 7) is 1.42. The van der Waals surface area contributed by atoms with E-state index in [1.807, 2.05) is 18.4 Å². The van der Waals surface area contributed by atoms with Crippen molar-refractivity contribution in [3.05, 3.63) is 54.1 Å². The van der Waals surface area contributed by atoms with E-state index >= 15 is 0 Å². The molecule has 2 aromatic rings. The minimum Gasteiger partial charge on any atom is -0.295 e. The van der Waals surface area contributed by atoms with Crippen LogP contribution in [-0.4, -0.2) is 27.5 Å². The molecule has 0 fully saturated rings. The first-order chi connectivity index (χ1) is 10.4. The van der Waals surface area contributed by atoms with Gasteiger partial charge in [0.1, 0.15) is 0 Å². The Morgan fingerprint density at radius 2 is 1.77 bits per heavy atom. The van der Waals surface area contributed by atoms with Gasteiger partial charge in [-0.3, -0.25) is 9.10 Å². The van der Waals surface area contributed by atoms with Gasteiger partial charge in [0.2, 0.25) is 0 Å². The highest BCUT2D eigenvalue weighted by Crippen LogP contribution is 2.31. The van der Waals surface area contributed by atoms with Crippen molar-refractivity contribution in [3.8, 4) is 0 Å². The molecule has 2 rings (SSSR count). The molecule has 0 atom stereocenters. The minimum absolute atomic E-state index is 0.110. The van der Waals surface area contributed by atoms with Crippen molar-refractivity contribution < 1.29 is 13.2 Å².